The summed E-state index contributed by atoms with van der Waals surface area (Å²) in [5, 5.41) is 3.46. The second-order valence-electron chi connectivity index (χ2n) is 4.45. The summed E-state index contributed by atoms with van der Waals surface area (Å²) in [5.74, 6) is -0.253. The fraction of sp³-hybridized carbons (Fsp3) is 0.385. The second-order valence-corrected chi connectivity index (χ2v) is 5.32. The minimum Gasteiger partial charge on any atom is -0.325 e. The van der Waals surface area contributed by atoms with Crippen molar-refractivity contribution in [2.45, 2.75) is 32.2 Å². The van der Waals surface area contributed by atoms with Crippen molar-refractivity contribution >= 4 is 40.8 Å². The Bertz CT molecular complexity index is 499. The van der Waals surface area contributed by atoms with Crippen LogP contribution in [0.25, 0.3) is 0 Å². The predicted molar refractivity (Wildman–Crippen MR) is 75.8 cm³/mol. The van der Waals surface area contributed by atoms with Gasteiger partial charge in [-0.3, -0.25) is 4.79 Å². The number of amides is 3. The fourth-order valence-electron chi connectivity index (χ4n) is 2.05. The van der Waals surface area contributed by atoms with Gasteiger partial charge in [-0.05, 0) is 24.6 Å². The fourth-order valence-corrected chi connectivity index (χ4v) is 2.56. The first-order valence-electron chi connectivity index (χ1n) is 6.13. The van der Waals surface area contributed by atoms with Crippen LogP contribution in [0.1, 0.15) is 26.2 Å². The molecule has 0 bridgehead atoms. The topological polar surface area (TPSA) is 49.4 Å². The number of urea groups is 1. The number of halogens is 2. The van der Waals surface area contributed by atoms with E-state index in [4.69, 9.17) is 23.2 Å². The van der Waals surface area contributed by atoms with Gasteiger partial charge >= 0.3 is 6.03 Å². The number of benzene rings is 1. The van der Waals surface area contributed by atoms with Crippen molar-refractivity contribution in [2.75, 3.05) is 4.90 Å². The summed E-state index contributed by atoms with van der Waals surface area (Å²) in [6.45, 7) is 2.04. The van der Waals surface area contributed by atoms with Crippen molar-refractivity contribution < 1.29 is 9.59 Å². The Morgan fingerprint density at radius 2 is 1.84 bits per heavy atom. The van der Waals surface area contributed by atoms with Crippen LogP contribution in [0, 0.1) is 0 Å². The van der Waals surface area contributed by atoms with Gasteiger partial charge in [0.2, 0.25) is 0 Å². The highest BCUT2D eigenvalue weighted by Gasteiger charge is 2.38. The SMILES string of the molecule is CCCCC1NC(=O)N(c2cc(Cl)cc(Cl)c2)C1=O. The lowest BCUT2D eigenvalue weighted by Crippen LogP contribution is -2.31. The molecule has 1 aromatic carbocycles. The first-order valence-corrected chi connectivity index (χ1v) is 6.89. The molecule has 0 radical (unpaired) electrons. The van der Waals surface area contributed by atoms with Crippen molar-refractivity contribution in [1.29, 1.82) is 0 Å². The third kappa shape index (κ3) is 3.01. The molecule has 1 aliphatic heterocycles. The summed E-state index contributed by atoms with van der Waals surface area (Å²) in [6.07, 6.45) is 2.51. The van der Waals surface area contributed by atoms with Crippen LogP contribution in [0.4, 0.5) is 10.5 Å². The molecule has 19 heavy (non-hydrogen) atoms. The Hall–Kier alpha value is -1.26. The van der Waals surface area contributed by atoms with Crippen molar-refractivity contribution in [1.82, 2.24) is 5.32 Å². The third-order valence-corrected chi connectivity index (χ3v) is 3.41. The molecule has 1 unspecified atom stereocenters. The number of hydrogen-bond acceptors (Lipinski definition) is 2. The van der Waals surface area contributed by atoms with Crippen LogP contribution in [0.5, 0.6) is 0 Å². The molecule has 0 saturated carbocycles. The van der Waals surface area contributed by atoms with E-state index in [1.54, 1.807) is 18.2 Å². The summed E-state index contributed by atoms with van der Waals surface area (Å²) in [5.41, 5.74) is 0.402. The summed E-state index contributed by atoms with van der Waals surface area (Å²) in [6, 6.07) is 3.77. The minimum atomic E-state index is -0.454. The molecule has 102 valence electrons. The normalized spacial score (nSPS) is 18.9. The smallest absolute Gasteiger partial charge is 0.325 e. The van der Waals surface area contributed by atoms with Crippen molar-refractivity contribution in [2.24, 2.45) is 0 Å². The number of carbonyl (C=O) groups is 2. The van der Waals surface area contributed by atoms with E-state index in [1.165, 1.54) is 0 Å². The maximum atomic E-state index is 12.2. The number of nitrogens with zero attached hydrogens (tertiary/aromatic N) is 1. The Labute approximate surface area is 121 Å². The highest BCUT2D eigenvalue weighted by Crippen LogP contribution is 2.28. The maximum absolute atomic E-state index is 12.2. The van der Waals surface area contributed by atoms with Gasteiger partial charge in [0.05, 0.1) is 5.69 Å². The van der Waals surface area contributed by atoms with E-state index in [2.05, 4.69) is 5.32 Å². The molecule has 1 fully saturated rings. The molecule has 4 nitrogen and oxygen atoms in total. The maximum Gasteiger partial charge on any atom is 0.329 e. The van der Waals surface area contributed by atoms with Gasteiger partial charge in [-0.2, -0.15) is 0 Å². The number of imide groups is 1. The van der Waals surface area contributed by atoms with Crippen LogP contribution in [0.15, 0.2) is 18.2 Å². The van der Waals surface area contributed by atoms with Gasteiger partial charge in [-0.15, -0.1) is 0 Å². The first kappa shape index (κ1) is 14.2. The molecule has 1 aromatic rings. The van der Waals surface area contributed by atoms with E-state index in [0.29, 0.717) is 22.2 Å². The van der Waals surface area contributed by atoms with Crippen molar-refractivity contribution in [3.8, 4) is 0 Å². The number of rotatable bonds is 4. The van der Waals surface area contributed by atoms with Gasteiger partial charge in [-0.1, -0.05) is 43.0 Å². The summed E-state index contributed by atoms with van der Waals surface area (Å²) < 4.78 is 0. The molecular weight excluding hydrogens is 287 g/mol. The van der Waals surface area contributed by atoms with Crippen LogP contribution in [-0.4, -0.2) is 18.0 Å². The summed E-state index contributed by atoms with van der Waals surface area (Å²) in [7, 11) is 0. The average molecular weight is 301 g/mol. The molecule has 3 amide bonds. The van der Waals surface area contributed by atoms with Crippen molar-refractivity contribution in [3.63, 3.8) is 0 Å². The molecule has 1 N–H and O–H groups in total. The molecule has 6 heteroatoms. The molecule has 1 atom stereocenters. The molecule has 1 heterocycles. The number of carbonyl (C=O) groups excluding carboxylic acids is 2. The van der Waals surface area contributed by atoms with Gasteiger partial charge < -0.3 is 5.32 Å². The lowest BCUT2D eigenvalue weighted by atomic mass is 10.1. The monoisotopic (exact) mass is 300 g/mol. The van der Waals surface area contributed by atoms with E-state index in [0.717, 1.165) is 17.7 Å². The largest absolute Gasteiger partial charge is 0.329 e. The molecule has 1 aliphatic rings. The van der Waals surface area contributed by atoms with Gasteiger partial charge in [0.15, 0.2) is 0 Å². The highest BCUT2D eigenvalue weighted by molar-refractivity contribution is 6.35. The quantitative estimate of drug-likeness (QED) is 0.864. The number of anilines is 1. The Morgan fingerprint density at radius 3 is 2.42 bits per heavy atom. The molecule has 0 spiro atoms. The number of unbranched alkanes of at least 4 members (excludes halogenated alkanes) is 1. The molecular formula is C13H14Cl2N2O2. The zero-order valence-electron chi connectivity index (χ0n) is 10.5. The van der Waals surface area contributed by atoms with Gasteiger partial charge in [0, 0.05) is 10.0 Å². The molecule has 0 aromatic heterocycles. The van der Waals surface area contributed by atoms with Crippen LogP contribution < -0.4 is 10.2 Å². The van der Waals surface area contributed by atoms with Gasteiger partial charge in [0.25, 0.3) is 5.91 Å². The Kier molecular flexibility index (Phi) is 4.32. The van der Waals surface area contributed by atoms with Crippen LogP contribution in [-0.2, 0) is 4.79 Å². The van der Waals surface area contributed by atoms with E-state index in [-0.39, 0.29) is 5.91 Å². The first-order chi connectivity index (χ1) is 9.02. The van der Waals surface area contributed by atoms with Gasteiger partial charge in [0.1, 0.15) is 6.04 Å². The van der Waals surface area contributed by atoms with Crippen LogP contribution in [0.3, 0.4) is 0 Å². The molecule has 1 saturated heterocycles. The highest BCUT2D eigenvalue weighted by atomic mass is 35.5. The zero-order chi connectivity index (χ0) is 14.0. The average Bonchev–Trinajstić information content (AvgIpc) is 2.60. The Balaban J connectivity index is 2.24. The van der Waals surface area contributed by atoms with Crippen LogP contribution in [0.2, 0.25) is 10.0 Å². The van der Waals surface area contributed by atoms with E-state index in [1.807, 2.05) is 6.92 Å². The number of nitrogens with one attached hydrogen (secondary N) is 1. The van der Waals surface area contributed by atoms with E-state index >= 15 is 0 Å². The second kappa shape index (κ2) is 5.80. The van der Waals surface area contributed by atoms with E-state index < -0.39 is 12.1 Å². The predicted octanol–water partition coefficient (Wildman–Crippen LogP) is 3.61. The lowest BCUT2D eigenvalue weighted by Gasteiger charge is -2.13. The molecule has 2 rings (SSSR count). The lowest BCUT2D eigenvalue weighted by molar-refractivity contribution is -0.118. The summed E-state index contributed by atoms with van der Waals surface area (Å²) in [4.78, 5) is 25.2. The zero-order valence-corrected chi connectivity index (χ0v) is 12.0. The van der Waals surface area contributed by atoms with E-state index in [9.17, 15) is 9.59 Å². The summed E-state index contributed by atoms with van der Waals surface area (Å²) >= 11 is 11.8. The number of hydrogen-bond donors (Lipinski definition) is 1. The standard InChI is InChI=1S/C13H14Cl2N2O2/c1-2-3-4-11-12(18)17(13(19)16-11)10-6-8(14)5-9(15)7-10/h5-7,11H,2-4H2,1H3,(H,16,19). The molecule has 0 aliphatic carbocycles. The van der Waals surface area contributed by atoms with Gasteiger partial charge in [-0.25, -0.2) is 9.69 Å². The van der Waals surface area contributed by atoms with Crippen molar-refractivity contribution in [3.05, 3.63) is 28.2 Å². The Morgan fingerprint density at radius 1 is 1.21 bits per heavy atom. The third-order valence-electron chi connectivity index (χ3n) is 2.97. The minimum absolute atomic E-state index is 0.253. The van der Waals surface area contributed by atoms with Crippen LogP contribution >= 0.6 is 23.2 Å².